The Hall–Kier alpha value is -4.34. The third kappa shape index (κ3) is 34.5. The van der Waals surface area contributed by atoms with Gasteiger partial charge in [0.2, 0.25) is 11.8 Å². The Labute approximate surface area is 486 Å². The van der Waals surface area contributed by atoms with Crippen molar-refractivity contribution >= 4 is 65.0 Å². The number of carbonyl (C=O) groups excluding carboxylic acids is 9. The Morgan fingerprint density at radius 1 is 0.532 bits per heavy atom. The van der Waals surface area contributed by atoms with Crippen molar-refractivity contribution in [2.24, 2.45) is 49.2 Å². The second-order valence-electron chi connectivity index (χ2n) is 31.5. The smallest absolute Gasteiger partial charge is 0.338 e. The molecule has 0 spiro atoms. The lowest BCUT2D eigenvalue weighted by Gasteiger charge is -2.28. The zero-order valence-corrected chi connectivity index (χ0v) is 54.8. The van der Waals surface area contributed by atoms with Crippen LogP contribution in [0.2, 0.25) is 0 Å². The van der Waals surface area contributed by atoms with E-state index in [2.05, 4.69) is 93.7 Å². The van der Waals surface area contributed by atoms with Crippen LogP contribution in [0.15, 0.2) is 23.3 Å². The van der Waals surface area contributed by atoms with Gasteiger partial charge in [-0.3, -0.25) is 48.2 Å². The lowest BCUT2D eigenvalue weighted by molar-refractivity contribution is -0.204. The number of rotatable bonds is 8. The Morgan fingerprint density at radius 3 is 1.18 bits per heavy atom. The molecule has 3 aliphatic rings. The molecule has 1 fully saturated rings. The van der Waals surface area contributed by atoms with E-state index >= 15 is 0 Å². The third-order valence-corrected chi connectivity index (χ3v) is 11.9. The van der Waals surface area contributed by atoms with E-state index < -0.39 is 29.1 Å². The summed E-state index contributed by atoms with van der Waals surface area (Å²) in [6.07, 6.45) is 3.70. The lowest BCUT2D eigenvalue weighted by Crippen LogP contribution is -2.39. The van der Waals surface area contributed by atoms with Gasteiger partial charge in [0.25, 0.3) is 35.4 Å². The summed E-state index contributed by atoms with van der Waals surface area (Å²) in [7, 11) is 0. The average Bonchev–Trinajstić information content (AvgIpc) is 3.73. The number of hydrogen-bond donors (Lipinski definition) is 2. The average molecular weight is 1140 g/mol. The van der Waals surface area contributed by atoms with Gasteiger partial charge in [-0.1, -0.05) is 202 Å². The van der Waals surface area contributed by atoms with Gasteiger partial charge in [0, 0.05) is 78.2 Å². The monoisotopic (exact) mass is 1140 g/mol. The second kappa shape index (κ2) is 30.1. The van der Waals surface area contributed by atoms with Gasteiger partial charge < -0.3 is 15.5 Å². The van der Waals surface area contributed by atoms with Crippen molar-refractivity contribution in [3.8, 4) is 0 Å². The van der Waals surface area contributed by atoms with Gasteiger partial charge >= 0.3 is 5.97 Å². The molecule has 15 nitrogen and oxygen atoms in total. The SMILES string of the molecule is C.C.CC(C)(C)C(=O)ON1C(=O)CC(C(C)(C)C)C1=O.CC(C)(C)CN1C(=O)C=C(C(C)(C)C)C1=O.CC(C)(C)CNC(=O)CC(C)(C)C.CC(C)(C)CNC(=O)CCN1C(=O)C=C(C(C)(C)C)C1=O.CC(C)(C)SC(C)(C)C. The molecule has 1 atom stereocenters. The molecule has 0 aromatic rings. The molecule has 1 saturated heterocycles. The van der Waals surface area contributed by atoms with Gasteiger partial charge in [-0.05, 0) is 58.7 Å². The molecule has 0 radical (unpaired) electrons. The largest absolute Gasteiger partial charge is 0.356 e. The minimum atomic E-state index is -0.750. The molecule has 0 aromatic heterocycles. The van der Waals surface area contributed by atoms with Crippen LogP contribution in [0, 0.1) is 49.2 Å². The molecule has 0 bridgehead atoms. The normalized spacial score (nSPS) is 16.6. The molecule has 3 rings (SSSR count). The fraction of sp³-hybridized carbons (Fsp3) is 0.794. The molecule has 1 unspecified atom stereocenters. The van der Waals surface area contributed by atoms with Crippen molar-refractivity contribution < 1.29 is 48.0 Å². The van der Waals surface area contributed by atoms with Gasteiger partial charge in [0.05, 0.1) is 11.3 Å². The molecule has 8 amide bonds. The summed E-state index contributed by atoms with van der Waals surface area (Å²) >= 11 is 2.01. The van der Waals surface area contributed by atoms with E-state index in [1.165, 1.54) is 17.1 Å². The quantitative estimate of drug-likeness (QED) is 0.219. The standard InChI is InChI=1S/C16H26N2O3.C13H21NO4.C13H21NO2.C11H23NO.C8H18S.2CH4/c1-15(2,3)10-17-12(19)7-8-18-13(20)9-11(14(18)21)16(4,5)6;1-12(2,3)8-7-9(15)14(10(8)16)18-11(17)13(4,5)6;1-12(2,3)8-14-10(15)7-9(11(14)16)13(4,5)6;1-10(2,3)7-9(13)12-8-11(4,5)6;1-7(2,3)9-8(4,5)6;;/h9H,7-8,10H2,1-6H3,(H,17,19);8H,7H2,1-6H3;7H,8H2,1-6H3;7-8H2,1-6H3,(H,12,13);1-6H3;2*1H4. The molecule has 0 aromatic carbocycles. The van der Waals surface area contributed by atoms with Crippen molar-refractivity contribution in [3.63, 3.8) is 0 Å². The first-order valence-corrected chi connectivity index (χ1v) is 28.0. The lowest BCUT2D eigenvalue weighted by atomic mass is 9.80. The Kier molecular flexibility index (Phi) is 30.9. The Bertz CT molecular complexity index is 2140. The summed E-state index contributed by atoms with van der Waals surface area (Å²) in [5.41, 5.74) is -0.382. The number of hydrogen-bond acceptors (Lipinski definition) is 11. The van der Waals surface area contributed by atoms with Gasteiger partial charge in [-0.15, -0.1) is 5.06 Å². The van der Waals surface area contributed by atoms with Crippen molar-refractivity contribution in [2.45, 2.75) is 251 Å². The Morgan fingerprint density at radius 2 is 0.899 bits per heavy atom. The number of thioether (sulfide) groups is 1. The molecule has 3 aliphatic heterocycles. The highest BCUT2D eigenvalue weighted by atomic mass is 32.2. The first kappa shape index (κ1) is 81.1. The van der Waals surface area contributed by atoms with Crippen LogP contribution in [0.1, 0.15) is 242 Å². The zero-order chi connectivity index (χ0) is 61.9. The molecule has 3 heterocycles. The molecule has 0 saturated carbocycles. The van der Waals surface area contributed by atoms with E-state index in [-0.39, 0.29) is 108 Å². The molecule has 79 heavy (non-hydrogen) atoms. The summed E-state index contributed by atoms with van der Waals surface area (Å²) in [6, 6.07) is 0. The van der Waals surface area contributed by atoms with Crippen molar-refractivity contribution in [1.29, 1.82) is 0 Å². The predicted octanol–water partition coefficient (Wildman–Crippen LogP) is 13.3. The van der Waals surface area contributed by atoms with Crippen LogP contribution in [0.5, 0.6) is 0 Å². The number of nitrogens with one attached hydrogen (secondary N) is 2. The molecule has 460 valence electrons. The minimum Gasteiger partial charge on any atom is -0.356 e. The van der Waals surface area contributed by atoms with Gasteiger partial charge in [-0.25, -0.2) is 4.79 Å². The first-order valence-electron chi connectivity index (χ1n) is 27.2. The van der Waals surface area contributed by atoms with Crippen LogP contribution < -0.4 is 10.6 Å². The summed E-state index contributed by atoms with van der Waals surface area (Å²) in [5.74, 6) is -2.79. The summed E-state index contributed by atoms with van der Waals surface area (Å²) in [6.45, 7) is 62.3. The minimum absolute atomic E-state index is 0. The van der Waals surface area contributed by atoms with Crippen molar-refractivity contribution in [2.75, 3.05) is 26.2 Å². The Balaban J connectivity index is -0.000000453. The van der Waals surface area contributed by atoms with Crippen LogP contribution in [0.3, 0.4) is 0 Å². The number of hydroxylamine groups is 2. The number of amides is 8. The van der Waals surface area contributed by atoms with Gasteiger partial charge in [0.15, 0.2) is 0 Å². The molecule has 0 aliphatic carbocycles. The van der Waals surface area contributed by atoms with Crippen LogP contribution in [-0.2, 0) is 48.0 Å². The molecule has 16 heteroatoms. The van der Waals surface area contributed by atoms with Crippen LogP contribution >= 0.6 is 11.8 Å². The topological polar surface area (TPSA) is 197 Å². The van der Waals surface area contributed by atoms with E-state index in [4.69, 9.17) is 4.84 Å². The third-order valence-electron chi connectivity index (χ3n) is 10.7. The van der Waals surface area contributed by atoms with Gasteiger partial charge in [-0.2, -0.15) is 11.8 Å². The maximum absolute atomic E-state index is 12.2. The van der Waals surface area contributed by atoms with Gasteiger partial charge in [0.1, 0.15) is 0 Å². The fourth-order valence-corrected chi connectivity index (χ4v) is 8.86. The van der Waals surface area contributed by atoms with Crippen LogP contribution in [0.4, 0.5) is 0 Å². The van der Waals surface area contributed by atoms with E-state index in [1.807, 2.05) is 116 Å². The van der Waals surface area contributed by atoms with E-state index in [0.29, 0.717) is 45.2 Å². The van der Waals surface area contributed by atoms with Crippen LogP contribution in [0.25, 0.3) is 0 Å². The maximum Gasteiger partial charge on any atom is 0.338 e. The summed E-state index contributed by atoms with van der Waals surface area (Å²) < 4.78 is 0.802. The van der Waals surface area contributed by atoms with Crippen molar-refractivity contribution in [3.05, 3.63) is 23.3 Å². The zero-order valence-electron chi connectivity index (χ0n) is 54.0. The first-order chi connectivity index (χ1) is 33.7. The number of nitrogens with zero attached hydrogens (tertiary/aromatic N) is 3. The summed E-state index contributed by atoms with van der Waals surface area (Å²) in [4.78, 5) is 114. The molecular weight excluding hydrogens is 1020 g/mol. The van der Waals surface area contributed by atoms with E-state index in [0.717, 1.165) is 11.4 Å². The summed E-state index contributed by atoms with van der Waals surface area (Å²) in [5, 5.41) is 6.38. The second-order valence-corrected chi connectivity index (χ2v) is 34.1. The number of carbonyl (C=O) groups is 9. The fourth-order valence-electron chi connectivity index (χ4n) is 7.02. The highest BCUT2D eigenvalue weighted by Crippen LogP contribution is 2.37. The molecular formula is C63H117N5O10S. The highest BCUT2D eigenvalue weighted by molar-refractivity contribution is 8.01. The number of imide groups is 3. The predicted molar refractivity (Wildman–Crippen MR) is 327 cm³/mol. The van der Waals surface area contributed by atoms with Crippen molar-refractivity contribution in [1.82, 2.24) is 25.5 Å². The maximum atomic E-state index is 12.2. The van der Waals surface area contributed by atoms with E-state index in [9.17, 15) is 43.2 Å². The highest BCUT2D eigenvalue weighted by Gasteiger charge is 2.48. The van der Waals surface area contributed by atoms with Crippen LogP contribution in [-0.4, -0.2) is 104 Å². The molecule has 2 N–H and O–H groups in total. The van der Waals surface area contributed by atoms with E-state index in [1.54, 1.807) is 20.8 Å².